The van der Waals surface area contributed by atoms with Crippen LogP contribution in [0.5, 0.6) is 0 Å². The van der Waals surface area contributed by atoms with E-state index in [0.29, 0.717) is 25.7 Å². The molecule has 0 aromatic carbocycles. The molecule has 3 aromatic rings. The second-order valence-electron chi connectivity index (χ2n) is 6.08. The van der Waals surface area contributed by atoms with Gasteiger partial charge in [-0.2, -0.15) is 4.98 Å². The normalized spacial score (nSPS) is 14.1. The topological polar surface area (TPSA) is 115 Å². The first-order valence-electron chi connectivity index (χ1n) is 8.70. The molecular weight excluding hydrogens is 344 g/mol. The molecule has 0 unspecified atom stereocenters. The van der Waals surface area contributed by atoms with Gasteiger partial charge in [0.05, 0.1) is 18.9 Å². The molecule has 0 amide bonds. The van der Waals surface area contributed by atoms with E-state index in [9.17, 15) is 0 Å². The van der Waals surface area contributed by atoms with E-state index in [1.54, 1.807) is 18.6 Å². The van der Waals surface area contributed by atoms with E-state index in [0.717, 1.165) is 35.7 Å². The molecule has 3 aromatic heterocycles. The van der Waals surface area contributed by atoms with Gasteiger partial charge in [0.25, 0.3) is 0 Å². The third kappa shape index (κ3) is 4.26. The third-order valence-corrected chi connectivity index (χ3v) is 4.17. The maximum absolute atomic E-state index is 5.60. The molecule has 0 aliphatic carbocycles. The molecule has 1 aliphatic heterocycles. The molecular formula is C18H20N8O. The highest BCUT2D eigenvalue weighted by molar-refractivity contribution is 5.63. The van der Waals surface area contributed by atoms with E-state index < -0.39 is 0 Å². The summed E-state index contributed by atoms with van der Waals surface area (Å²) in [4.78, 5) is 23.8. The molecule has 0 radical (unpaired) electrons. The second-order valence-corrected chi connectivity index (χ2v) is 6.08. The summed E-state index contributed by atoms with van der Waals surface area (Å²) in [6.07, 6.45) is 6.91. The summed E-state index contributed by atoms with van der Waals surface area (Å²) in [5.74, 6) is 1.61. The van der Waals surface area contributed by atoms with Gasteiger partial charge < -0.3 is 20.7 Å². The van der Waals surface area contributed by atoms with Crippen LogP contribution in [-0.2, 0) is 11.3 Å². The van der Waals surface area contributed by atoms with Crippen LogP contribution in [0.1, 0.15) is 5.56 Å². The molecule has 27 heavy (non-hydrogen) atoms. The minimum atomic E-state index is 0.233. The molecule has 138 valence electrons. The molecule has 4 rings (SSSR count). The molecule has 3 N–H and O–H groups in total. The van der Waals surface area contributed by atoms with Crippen molar-refractivity contribution in [3.05, 3.63) is 48.5 Å². The lowest BCUT2D eigenvalue weighted by molar-refractivity contribution is 0.122. The minimum absolute atomic E-state index is 0.233. The summed E-state index contributed by atoms with van der Waals surface area (Å²) >= 11 is 0. The van der Waals surface area contributed by atoms with Crippen molar-refractivity contribution in [3.63, 3.8) is 0 Å². The van der Waals surface area contributed by atoms with Crippen molar-refractivity contribution < 1.29 is 4.74 Å². The van der Waals surface area contributed by atoms with Gasteiger partial charge in [-0.15, -0.1) is 0 Å². The largest absolute Gasteiger partial charge is 0.378 e. The Hall–Kier alpha value is -3.33. The fourth-order valence-electron chi connectivity index (χ4n) is 2.74. The van der Waals surface area contributed by atoms with Gasteiger partial charge in [-0.25, -0.2) is 15.0 Å². The Bertz CT molecular complexity index is 882. The number of nitrogens with two attached hydrogens (primary N) is 1. The fraction of sp³-hybridized carbons (Fsp3) is 0.278. The Morgan fingerprint density at radius 3 is 2.67 bits per heavy atom. The zero-order chi connectivity index (χ0) is 18.5. The Balaban J connectivity index is 1.64. The van der Waals surface area contributed by atoms with Gasteiger partial charge in [0.1, 0.15) is 5.82 Å². The second kappa shape index (κ2) is 7.92. The van der Waals surface area contributed by atoms with Crippen LogP contribution in [0.4, 0.5) is 17.7 Å². The van der Waals surface area contributed by atoms with Gasteiger partial charge in [0.15, 0.2) is 0 Å². The summed E-state index contributed by atoms with van der Waals surface area (Å²) in [5, 5.41) is 3.35. The Labute approximate surface area is 156 Å². The number of aromatic nitrogens is 5. The number of anilines is 3. The molecule has 1 fully saturated rings. The number of rotatable bonds is 5. The van der Waals surface area contributed by atoms with Crippen LogP contribution in [0.2, 0.25) is 0 Å². The Kier molecular flexibility index (Phi) is 5.01. The maximum Gasteiger partial charge on any atom is 0.228 e. The molecule has 0 spiro atoms. The number of hydrogen-bond donors (Lipinski definition) is 2. The predicted octanol–water partition coefficient (Wildman–Crippen LogP) is 1.36. The van der Waals surface area contributed by atoms with Crippen molar-refractivity contribution in [1.82, 2.24) is 24.9 Å². The van der Waals surface area contributed by atoms with Gasteiger partial charge in [-0.05, 0) is 11.6 Å². The van der Waals surface area contributed by atoms with Gasteiger partial charge in [0, 0.05) is 56.1 Å². The molecule has 9 heteroatoms. The van der Waals surface area contributed by atoms with Crippen LogP contribution in [0.25, 0.3) is 11.3 Å². The van der Waals surface area contributed by atoms with Gasteiger partial charge in [-0.3, -0.25) is 4.98 Å². The van der Waals surface area contributed by atoms with E-state index in [1.165, 1.54) is 0 Å². The number of pyridine rings is 1. The van der Waals surface area contributed by atoms with E-state index in [2.05, 4.69) is 30.2 Å². The fourth-order valence-corrected chi connectivity index (χ4v) is 2.74. The van der Waals surface area contributed by atoms with E-state index >= 15 is 0 Å². The van der Waals surface area contributed by atoms with Crippen molar-refractivity contribution in [3.8, 4) is 11.3 Å². The molecule has 4 heterocycles. The Morgan fingerprint density at radius 2 is 1.93 bits per heavy atom. The van der Waals surface area contributed by atoms with E-state index in [4.69, 9.17) is 15.5 Å². The Morgan fingerprint density at radius 1 is 1.11 bits per heavy atom. The first-order valence-corrected chi connectivity index (χ1v) is 8.70. The van der Waals surface area contributed by atoms with Crippen molar-refractivity contribution >= 4 is 17.7 Å². The minimum Gasteiger partial charge on any atom is -0.378 e. The highest BCUT2D eigenvalue weighted by Crippen LogP contribution is 2.23. The number of nitrogens with zero attached hydrogens (tertiary/aromatic N) is 6. The van der Waals surface area contributed by atoms with Crippen molar-refractivity contribution in [1.29, 1.82) is 0 Å². The number of nitrogen functional groups attached to an aromatic ring is 1. The molecule has 0 bridgehead atoms. The van der Waals surface area contributed by atoms with Gasteiger partial charge in [-0.1, -0.05) is 6.07 Å². The summed E-state index contributed by atoms with van der Waals surface area (Å²) in [6, 6.07) is 5.81. The predicted molar refractivity (Wildman–Crippen MR) is 102 cm³/mol. The number of morpholine rings is 1. The highest BCUT2D eigenvalue weighted by atomic mass is 16.5. The lowest BCUT2D eigenvalue weighted by Crippen LogP contribution is -2.37. The summed E-state index contributed by atoms with van der Waals surface area (Å²) in [5.41, 5.74) is 8.19. The average Bonchev–Trinajstić information content (AvgIpc) is 2.74. The SMILES string of the molecule is Nc1ncc(-c2cc(NCc3cccnc3)nc(N3CCOCC3)n2)cn1. The van der Waals surface area contributed by atoms with Crippen LogP contribution in [-0.4, -0.2) is 51.2 Å². The molecule has 9 nitrogen and oxygen atoms in total. The van der Waals surface area contributed by atoms with E-state index in [1.807, 2.05) is 24.4 Å². The van der Waals surface area contributed by atoms with Crippen LogP contribution in [0, 0.1) is 0 Å². The standard InChI is InChI=1S/C18H20N8O/c19-17-22-11-14(12-23-17)15-8-16(21-10-13-2-1-3-20-9-13)25-18(24-15)26-4-6-27-7-5-26/h1-3,8-9,11-12H,4-7,10H2,(H2,19,22,23)(H,21,24,25). The highest BCUT2D eigenvalue weighted by Gasteiger charge is 2.16. The van der Waals surface area contributed by atoms with Gasteiger partial charge >= 0.3 is 0 Å². The number of ether oxygens (including phenoxy) is 1. The van der Waals surface area contributed by atoms with Crippen molar-refractivity contribution in [2.45, 2.75) is 6.54 Å². The third-order valence-electron chi connectivity index (χ3n) is 4.17. The van der Waals surface area contributed by atoms with Crippen LogP contribution >= 0.6 is 0 Å². The van der Waals surface area contributed by atoms with Crippen molar-refractivity contribution in [2.24, 2.45) is 0 Å². The molecule has 1 aliphatic rings. The van der Waals surface area contributed by atoms with Gasteiger partial charge in [0.2, 0.25) is 11.9 Å². The monoisotopic (exact) mass is 364 g/mol. The summed E-state index contributed by atoms with van der Waals surface area (Å²) in [6.45, 7) is 3.45. The molecule has 0 saturated carbocycles. The average molecular weight is 364 g/mol. The zero-order valence-corrected chi connectivity index (χ0v) is 14.7. The van der Waals surface area contributed by atoms with Crippen molar-refractivity contribution in [2.75, 3.05) is 42.3 Å². The summed E-state index contributed by atoms with van der Waals surface area (Å²) in [7, 11) is 0. The first kappa shape index (κ1) is 17.1. The van der Waals surface area contributed by atoms with E-state index in [-0.39, 0.29) is 5.95 Å². The lowest BCUT2D eigenvalue weighted by atomic mass is 10.2. The molecule has 1 saturated heterocycles. The summed E-state index contributed by atoms with van der Waals surface area (Å²) < 4.78 is 5.43. The van der Waals surface area contributed by atoms with Crippen LogP contribution in [0.15, 0.2) is 43.0 Å². The quantitative estimate of drug-likeness (QED) is 0.692. The first-order chi connectivity index (χ1) is 13.3. The smallest absolute Gasteiger partial charge is 0.228 e. The number of nitrogens with one attached hydrogen (secondary N) is 1. The number of hydrogen-bond acceptors (Lipinski definition) is 9. The van der Waals surface area contributed by atoms with Crippen LogP contribution in [0.3, 0.4) is 0 Å². The lowest BCUT2D eigenvalue weighted by Gasteiger charge is -2.27. The molecule has 0 atom stereocenters. The maximum atomic E-state index is 5.60. The van der Waals surface area contributed by atoms with Crippen LogP contribution < -0.4 is 16.0 Å². The zero-order valence-electron chi connectivity index (χ0n) is 14.7.